The Morgan fingerprint density at radius 3 is 2.50 bits per heavy atom. The van der Waals surface area contributed by atoms with Crippen molar-refractivity contribution in [2.75, 3.05) is 7.11 Å². The third-order valence-electron chi connectivity index (χ3n) is 2.91. The van der Waals surface area contributed by atoms with E-state index in [0.717, 1.165) is 19.3 Å². The maximum absolute atomic E-state index is 11.7. The van der Waals surface area contributed by atoms with Gasteiger partial charge in [-0.3, -0.25) is 10.1 Å². The van der Waals surface area contributed by atoms with E-state index >= 15 is 0 Å². The Hall–Kier alpha value is -0.570. The lowest BCUT2D eigenvalue weighted by molar-refractivity contribution is -0.149. The first-order chi connectivity index (χ1) is 6.68. The summed E-state index contributed by atoms with van der Waals surface area (Å²) in [5.41, 5.74) is -0.426. The minimum Gasteiger partial charge on any atom is -0.468 e. The highest BCUT2D eigenvalue weighted by atomic mass is 16.5. The molecule has 0 aromatic rings. The SMILES string of the molecule is CCCC(CC)(NC1CC1)C(=O)OC. The third kappa shape index (κ3) is 2.47. The van der Waals surface area contributed by atoms with Crippen molar-refractivity contribution >= 4 is 5.97 Å². The van der Waals surface area contributed by atoms with Gasteiger partial charge in [-0.25, -0.2) is 0 Å². The molecule has 14 heavy (non-hydrogen) atoms. The summed E-state index contributed by atoms with van der Waals surface area (Å²) >= 11 is 0. The zero-order valence-electron chi connectivity index (χ0n) is 9.43. The van der Waals surface area contributed by atoms with Crippen molar-refractivity contribution in [1.82, 2.24) is 5.32 Å². The molecule has 0 aromatic carbocycles. The molecule has 3 heteroatoms. The molecule has 0 heterocycles. The monoisotopic (exact) mass is 199 g/mol. The zero-order valence-corrected chi connectivity index (χ0v) is 9.43. The Labute approximate surface area is 86.2 Å². The van der Waals surface area contributed by atoms with Crippen LogP contribution in [-0.2, 0) is 9.53 Å². The summed E-state index contributed by atoms with van der Waals surface area (Å²) in [6.45, 7) is 4.14. The molecule has 3 nitrogen and oxygen atoms in total. The first-order valence-corrected chi connectivity index (χ1v) is 5.54. The maximum atomic E-state index is 11.7. The minimum atomic E-state index is -0.426. The van der Waals surface area contributed by atoms with E-state index in [2.05, 4.69) is 12.2 Å². The van der Waals surface area contributed by atoms with Gasteiger partial charge in [-0.2, -0.15) is 0 Å². The standard InChI is InChI=1S/C11H21NO2/c1-4-8-11(5-2,10(13)14-3)12-9-6-7-9/h9,12H,4-8H2,1-3H3. The zero-order chi connectivity index (χ0) is 10.6. The van der Waals surface area contributed by atoms with Crippen LogP contribution in [0.3, 0.4) is 0 Å². The first-order valence-electron chi connectivity index (χ1n) is 5.54. The van der Waals surface area contributed by atoms with Crippen LogP contribution in [0.15, 0.2) is 0 Å². The Kier molecular flexibility index (Phi) is 3.93. The lowest BCUT2D eigenvalue weighted by atomic mass is 9.90. The molecule has 1 fully saturated rings. The molecule has 0 spiro atoms. The van der Waals surface area contributed by atoms with Crippen LogP contribution in [0.1, 0.15) is 46.0 Å². The normalized spacial score (nSPS) is 20.2. The van der Waals surface area contributed by atoms with E-state index in [9.17, 15) is 4.79 Å². The van der Waals surface area contributed by atoms with Crippen LogP contribution >= 0.6 is 0 Å². The van der Waals surface area contributed by atoms with Crippen molar-refractivity contribution in [3.63, 3.8) is 0 Å². The molecule has 1 N–H and O–H groups in total. The third-order valence-corrected chi connectivity index (χ3v) is 2.91. The molecule has 0 radical (unpaired) electrons. The summed E-state index contributed by atoms with van der Waals surface area (Å²) in [4.78, 5) is 11.7. The van der Waals surface area contributed by atoms with Gasteiger partial charge < -0.3 is 4.74 Å². The fourth-order valence-corrected chi connectivity index (χ4v) is 1.90. The summed E-state index contributed by atoms with van der Waals surface area (Å²) in [5, 5.41) is 3.43. The number of esters is 1. The summed E-state index contributed by atoms with van der Waals surface area (Å²) in [6.07, 6.45) is 5.07. The molecule has 0 saturated heterocycles. The Balaban J connectivity index is 2.66. The topological polar surface area (TPSA) is 38.3 Å². The molecule has 0 aromatic heterocycles. The molecule has 1 unspecified atom stereocenters. The van der Waals surface area contributed by atoms with Crippen LogP contribution in [0.4, 0.5) is 0 Å². The largest absolute Gasteiger partial charge is 0.468 e. The fraction of sp³-hybridized carbons (Fsp3) is 0.909. The Morgan fingerprint density at radius 1 is 1.50 bits per heavy atom. The average molecular weight is 199 g/mol. The van der Waals surface area contributed by atoms with Gasteiger partial charge in [-0.15, -0.1) is 0 Å². The van der Waals surface area contributed by atoms with Crippen molar-refractivity contribution in [3.05, 3.63) is 0 Å². The molecule has 1 atom stereocenters. The van der Waals surface area contributed by atoms with Gasteiger partial charge in [-0.05, 0) is 25.7 Å². The number of methoxy groups -OCH3 is 1. The lowest BCUT2D eigenvalue weighted by Crippen LogP contribution is -2.53. The van der Waals surface area contributed by atoms with Gasteiger partial charge in [0.05, 0.1) is 7.11 Å². The van der Waals surface area contributed by atoms with E-state index in [1.165, 1.54) is 20.0 Å². The highest BCUT2D eigenvalue weighted by molar-refractivity contribution is 5.80. The van der Waals surface area contributed by atoms with Crippen LogP contribution in [0.5, 0.6) is 0 Å². The predicted octanol–water partition coefficient (Wildman–Crippen LogP) is 1.86. The van der Waals surface area contributed by atoms with E-state index in [-0.39, 0.29) is 5.97 Å². The first kappa shape index (κ1) is 11.5. The number of rotatable bonds is 6. The Bertz CT molecular complexity index is 201. The molecule has 1 saturated carbocycles. The molecule has 0 amide bonds. The molecular formula is C11H21NO2. The number of ether oxygens (including phenoxy) is 1. The van der Waals surface area contributed by atoms with Gasteiger partial charge >= 0.3 is 5.97 Å². The summed E-state index contributed by atoms with van der Waals surface area (Å²) in [7, 11) is 1.47. The number of hydrogen-bond acceptors (Lipinski definition) is 3. The number of carbonyl (C=O) groups excluding carboxylic acids is 1. The lowest BCUT2D eigenvalue weighted by Gasteiger charge is -2.30. The van der Waals surface area contributed by atoms with Crippen molar-refractivity contribution in [3.8, 4) is 0 Å². The van der Waals surface area contributed by atoms with Crippen LogP contribution in [0.2, 0.25) is 0 Å². The fourth-order valence-electron chi connectivity index (χ4n) is 1.90. The maximum Gasteiger partial charge on any atom is 0.326 e. The molecule has 1 aliphatic rings. The van der Waals surface area contributed by atoms with Crippen LogP contribution < -0.4 is 5.32 Å². The van der Waals surface area contributed by atoms with Gasteiger partial charge in [0, 0.05) is 6.04 Å². The molecule has 82 valence electrons. The van der Waals surface area contributed by atoms with Gasteiger partial charge in [0.15, 0.2) is 0 Å². The minimum absolute atomic E-state index is 0.103. The van der Waals surface area contributed by atoms with Gasteiger partial charge in [0.2, 0.25) is 0 Å². The van der Waals surface area contributed by atoms with Gasteiger partial charge in [-0.1, -0.05) is 20.3 Å². The number of carbonyl (C=O) groups is 1. The van der Waals surface area contributed by atoms with E-state index in [4.69, 9.17) is 4.74 Å². The van der Waals surface area contributed by atoms with Crippen molar-refractivity contribution in [2.24, 2.45) is 0 Å². The molecule has 0 aliphatic heterocycles. The average Bonchev–Trinajstić information content (AvgIpc) is 2.99. The quantitative estimate of drug-likeness (QED) is 0.664. The highest BCUT2D eigenvalue weighted by Crippen LogP contribution is 2.27. The van der Waals surface area contributed by atoms with E-state index in [0.29, 0.717) is 6.04 Å². The molecular weight excluding hydrogens is 178 g/mol. The van der Waals surface area contributed by atoms with Gasteiger partial charge in [0.25, 0.3) is 0 Å². The van der Waals surface area contributed by atoms with Crippen LogP contribution in [0, 0.1) is 0 Å². The number of nitrogens with one attached hydrogen (secondary N) is 1. The highest BCUT2D eigenvalue weighted by Gasteiger charge is 2.41. The predicted molar refractivity (Wildman–Crippen MR) is 56.1 cm³/mol. The van der Waals surface area contributed by atoms with Crippen molar-refractivity contribution < 1.29 is 9.53 Å². The number of hydrogen-bond donors (Lipinski definition) is 1. The molecule has 0 bridgehead atoms. The molecule has 1 rings (SSSR count). The van der Waals surface area contributed by atoms with E-state index < -0.39 is 5.54 Å². The van der Waals surface area contributed by atoms with Crippen LogP contribution in [0.25, 0.3) is 0 Å². The van der Waals surface area contributed by atoms with E-state index in [1.54, 1.807) is 0 Å². The Morgan fingerprint density at radius 2 is 2.14 bits per heavy atom. The van der Waals surface area contributed by atoms with Crippen molar-refractivity contribution in [1.29, 1.82) is 0 Å². The smallest absolute Gasteiger partial charge is 0.326 e. The second kappa shape index (κ2) is 4.78. The second-order valence-electron chi connectivity index (χ2n) is 4.10. The molecule has 1 aliphatic carbocycles. The van der Waals surface area contributed by atoms with Gasteiger partial charge in [0.1, 0.15) is 5.54 Å². The summed E-state index contributed by atoms with van der Waals surface area (Å²) in [6, 6.07) is 0.542. The van der Waals surface area contributed by atoms with Crippen LogP contribution in [-0.4, -0.2) is 24.7 Å². The van der Waals surface area contributed by atoms with E-state index in [1.807, 2.05) is 6.92 Å². The second-order valence-corrected chi connectivity index (χ2v) is 4.10. The summed E-state index contributed by atoms with van der Waals surface area (Å²) < 4.78 is 4.89. The van der Waals surface area contributed by atoms with Crippen molar-refractivity contribution in [2.45, 2.75) is 57.5 Å². The summed E-state index contributed by atoms with van der Waals surface area (Å²) in [5.74, 6) is -0.103.